The lowest BCUT2D eigenvalue weighted by Gasteiger charge is -2.18. The van der Waals surface area contributed by atoms with Crippen molar-refractivity contribution in [1.82, 2.24) is 0 Å². The molecule has 1 rings (SSSR count). The highest BCUT2D eigenvalue weighted by Crippen LogP contribution is 2.21. The molecule has 1 unspecified atom stereocenters. The van der Waals surface area contributed by atoms with Gasteiger partial charge in [-0.1, -0.05) is 25.1 Å². The van der Waals surface area contributed by atoms with Gasteiger partial charge in [0.25, 0.3) is 0 Å². The molecule has 0 N–H and O–H groups in total. The Morgan fingerprint density at radius 1 is 1.30 bits per heavy atom. The van der Waals surface area contributed by atoms with E-state index in [9.17, 15) is 4.79 Å². The van der Waals surface area contributed by atoms with Crippen molar-refractivity contribution in [3.05, 3.63) is 35.9 Å². The first-order chi connectivity index (χ1) is 9.31. The van der Waals surface area contributed by atoms with Crippen LogP contribution in [0.2, 0.25) is 0 Å². The third kappa shape index (κ3) is 5.91. The van der Waals surface area contributed by atoms with Crippen LogP contribution < -0.4 is 4.74 Å². The van der Waals surface area contributed by atoms with E-state index in [0.717, 1.165) is 17.7 Å². The largest absolute Gasteiger partial charge is 0.490 e. The maximum Gasteiger partial charge on any atom is 0.331 e. The third-order valence-corrected chi connectivity index (χ3v) is 2.63. The summed E-state index contributed by atoms with van der Waals surface area (Å²) in [6.07, 6.45) is 4.24. The fraction of sp³-hybridized carbons (Fsp3) is 0.471. The van der Waals surface area contributed by atoms with E-state index in [2.05, 4.69) is 6.92 Å². The highest BCUT2D eigenvalue weighted by Gasteiger charge is 2.14. The van der Waals surface area contributed by atoms with E-state index in [1.54, 1.807) is 6.08 Å². The normalized spacial score (nSPS) is 13.2. The van der Waals surface area contributed by atoms with Crippen LogP contribution in [0.25, 0.3) is 6.08 Å². The molecule has 1 atom stereocenters. The van der Waals surface area contributed by atoms with Gasteiger partial charge in [0.15, 0.2) is 0 Å². The molecule has 1 aromatic carbocycles. The number of rotatable bonds is 5. The molecule has 0 saturated heterocycles. The SMILES string of the molecule is CCC(C)Oc1ccccc1C=CC(=O)OC(C)(C)C. The van der Waals surface area contributed by atoms with Crippen molar-refractivity contribution in [3.63, 3.8) is 0 Å². The van der Waals surface area contributed by atoms with E-state index in [1.165, 1.54) is 6.08 Å². The van der Waals surface area contributed by atoms with Gasteiger partial charge in [0, 0.05) is 11.6 Å². The van der Waals surface area contributed by atoms with E-state index >= 15 is 0 Å². The maximum absolute atomic E-state index is 11.7. The summed E-state index contributed by atoms with van der Waals surface area (Å²) in [5.74, 6) is 0.428. The second kappa shape index (κ2) is 7.13. The Hall–Kier alpha value is -1.77. The molecule has 3 nitrogen and oxygen atoms in total. The maximum atomic E-state index is 11.7. The molecule has 0 spiro atoms. The summed E-state index contributed by atoms with van der Waals surface area (Å²) in [6.45, 7) is 9.63. The molecule has 20 heavy (non-hydrogen) atoms. The van der Waals surface area contributed by atoms with Crippen LogP contribution in [0.15, 0.2) is 30.3 Å². The fourth-order valence-corrected chi connectivity index (χ4v) is 1.52. The van der Waals surface area contributed by atoms with Crippen molar-refractivity contribution in [2.24, 2.45) is 0 Å². The van der Waals surface area contributed by atoms with Gasteiger partial charge in [-0.05, 0) is 46.3 Å². The number of carbonyl (C=O) groups is 1. The second-order valence-electron chi connectivity index (χ2n) is 5.74. The lowest BCUT2D eigenvalue weighted by atomic mass is 10.1. The van der Waals surface area contributed by atoms with Crippen LogP contribution in [-0.4, -0.2) is 17.7 Å². The summed E-state index contributed by atoms with van der Waals surface area (Å²) < 4.78 is 11.1. The van der Waals surface area contributed by atoms with E-state index in [0.29, 0.717) is 0 Å². The molecular weight excluding hydrogens is 252 g/mol. The molecule has 0 aromatic heterocycles. The topological polar surface area (TPSA) is 35.5 Å². The lowest BCUT2D eigenvalue weighted by molar-refractivity contribution is -0.148. The molecule has 0 aliphatic carbocycles. The van der Waals surface area contributed by atoms with Crippen molar-refractivity contribution >= 4 is 12.0 Å². The van der Waals surface area contributed by atoms with E-state index < -0.39 is 5.60 Å². The highest BCUT2D eigenvalue weighted by atomic mass is 16.6. The predicted octanol–water partition coefficient (Wildman–Crippen LogP) is 4.22. The Kier molecular flexibility index (Phi) is 5.81. The number of benzene rings is 1. The minimum Gasteiger partial charge on any atom is -0.490 e. The lowest BCUT2D eigenvalue weighted by Crippen LogP contribution is -2.22. The Morgan fingerprint density at radius 3 is 2.55 bits per heavy atom. The zero-order valence-corrected chi connectivity index (χ0v) is 13.0. The summed E-state index contributed by atoms with van der Waals surface area (Å²) in [4.78, 5) is 11.7. The van der Waals surface area contributed by atoms with E-state index in [1.807, 2.05) is 52.0 Å². The van der Waals surface area contributed by atoms with Crippen LogP contribution in [-0.2, 0) is 9.53 Å². The summed E-state index contributed by atoms with van der Waals surface area (Å²) in [7, 11) is 0. The van der Waals surface area contributed by atoms with Gasteiger partial charge in [-0.2, -0.15) is 0 Å². The van der Waals surface area contributed by atoms with Crippen LogP contribution in [0, 0.1) is 0 Å². The van der Waals surface area contributed by atoms with Gasteiger partial charge in [-0.25, -0.2) is 4.79 Å². The third-order valence-electron chi connectivity index (χ3n) is 2.63. The summed E-state index contributed by atoms with van der Waals surface area (Å²) in [6, 6.07) is 7.65. The first-order valence-corrected chi connectivity index (χ1v) is 6.98. The van der Waals surface area contributed by atoms with Gasteiger partial charge < -0.3 is 9.47 Å². The number of hydrogen-bond acceptors (Lipinski definition) is 3. The zero-order chi connectivity index (χ0) is 15.2. The number of hydrogen-bond donors (Lipinski definition) is 0. The molecule has 0 radical (unpaired) electrons. The van der Waals surface area contributed by atoms with E-state index in [4.69, 9.17) is 9.47 Å². The minimum absolute atomic E-state index is 0.145. The van der Waals surface area contributed by atoms with Crippen molar-refractivity contribution < 1.29 is 14.3 Å². The van der Waals surface area contributed by atoms with Gasteiger partial charge in [0.05, 0.1) is 6.10 Å². The van der Waals surface area contributed by atoms with Crippen molar-refractivity contribution in [2.75, 3.05) is 0 Å². The molecule has 1 aromatic rings. The molecule has 110 valence electrons. The monoisotopic (exact) mass is 276 g/mol. The van der Waals surface area contributed by atoms with Gasteiger partial charge in [0.2, 0.25) is 0 Å². The van der Waals surface area contributed by atoms with Crippen molar-refractivity contribution in [1.29, 1.82) is 0 Å². The van der Waals surface area contributed by atoms with Crippen LogP contribution in [0.4, 0.5) is 0 Å². The quantitative estimate of drug-likeness (QED) is 0.596. The molecule has 3 heteroatoms. The van der Waals surface area contributed by atoms with Gasteiger partial charge >= 0.3 is 5.97 Å². The average molecular weight is 276 g/mol. The van der Waals surface area contributed by atoms with Gasteiger partial charge in [0.1, 0.15) is 11.4 Å². The number of esters is 1. The summed E-state index contributed by atoms with van der Waals surface area (Å²) in [5.41, 5.74) is 0.396. The van der Waals surface area contributed by atoms with E-state index in [-0.39, 0.29) is 12.1 Å². The molecule has 0 fully saturated rings. The summed E-state index contributed by atoms with van der Waals surface area (Å²) >= 11 is 0. The summed E-state index contributed by atoms with van der Waals surface area (Å²) in [5, 5.41) is 0. The Morgan fingerprint density at radius 2 is 1.95 bits per heavy atom. The smallest absolute Gasteiger partial charge is 0.331 e. The van der Waals surface area contributed by atoms with Crippen LogP contribution in [0.3, 0.4) is 0 Å². The first-order valence-electron chi connectivity index (χ1n) is 6.98. The molecule has 0 bridgehead atoms. The Bertz CT molecular complexity index is 469. The van der Waals surface area contributed by atoms with Crippen LogP contribution in [0.5, 0.6) is 5.75 Å². The number of ether oxygens (including phenoxy) is 2. The highest BCUT2D eigenvalue weighted by molar-refractivity contribution is 5.87. The van der Waals surface area contributed by atoms with Crippen molar-refractivity contribution in [2.45, 2.75) is 52.7 Å². The number of para-hydroxylation sites is 1. The molecule has 0 heterocycles. The second-order valence-corrected chi connectivity index (χ2v) is 5.74. The molecule has 0 aliphatic heterocycles. The fourth-order valence-electron chi connectivity index (χ4n) is 1.52. The first kappa shape index (κ1) is 16.3. The minimum atomic E-state index is -0.478. The molecular formula is C17H24O3. The van der Waals surface area contributed by atoms with Crippen LogP contribution in [0.1, 0.15) is 46.6 Å². The molecule has 0 saturated carbocycles. The van der Waals surface area contributed by atoms with Crippen molar-refractivity contribution in [3.8, 4) is 5.75 Å². The van der Waals surface area contributed by atoms with Crippen LogP contribution >= 0.6 is 0 Å². The molecule has 0 amide bonds. The predicted molar refractivity (Wildman–Crippen MR) is 81.7 cm³/mol. The molecule has 0 aliphatic rings. The standard InChI is InChI=1S/C17H24O3/c1-6-13(2)19-15-10-8-7-9-14(15)11-12-16(18)20-17(3,4)5/h7-13H,6H2,1-5H3. The Balaban J connectivity index is 2.79. The zero-order valence-electron chi connectivity index (χ0n) is 13.0. The average Bonchev–Trinajstić information content (AvgIpc) is 2.35. The van der Waals surface area contributed by atoms with Gasteiger partial charge in [-0.3, -0.25) is 0 Å². The van der Waals surface area contributed by atoms with Gasteiger partial charge in [-0.15, -0.1) is 0 Å². The Labute approximate surface area is 121 Å². The number of carbonyl (C=O) groups excluding carboxylic acids is 1.